The molecule has 31 heavy (non-hydrogen) atoms. The highest BCUT2D eigenvalue weighted by atomic mass is 35.5. The van der Waals surface area contributed by atoms with Crippen molar-refractivity contribution in [3.8, 4) is 0 Å². The summed E-state index contributed by atoms with van der Waals surface area (Å²) in [4.78, 5) is 11.2. The van der Waals surface area contributed by atoms with Gasteiger partial charge in [0.15, 0.2) is 0 Å². The number of halogens is 4. The van der Waals surface area contributed by atoms with Crippen LogP contribution in [0.4, 0.5) is 13.2 Å². The fourth-order valence-electron chi connectivity index (χ4n) is 2.96. The Hall–Kier alpha value is -2.10. The van der Waals surface area contributed by atoms with E-state index in [4.69, 9.17) is 11.6 Å². The van der Waals surface area contributed by atoms with Crippen LogP contribution >= 0.6 is 11.6 Å². The van der Waals surface area contributed by atoms with Crippen LogP contribution in [-0.4, -0.2) is 21.5 Å². The van der Waals surface area contributed by atoms with E-state index in [0.717, 1.165) is 12.1 Å². The first kappa shape index (κ1) is 25.2. The number of unbranched alkanes of at least 4 members (excludes halogenated alkanes) is 2. The van der Waals surface area contributed by atoms with Crippen molar-refractivity contribution in [2.24, 2.45) is 0 Å². The van der Waals surface area contributed by atoms with E-state index in [2.05, 4.69) is 9.46 Å². The van der Waals surface area contributed by atoms with Crippen LogP contribution in [0.5, 0.6) is 0 Å². The molecular weight excluding hydrogens is 455 g/mol. The molecule has 0 bridgehead atoms. The summed E-state index contributed by atoms with van der Waals surface area (Å²) in [5.74, 6) is -0.331. The summed E-state index contributed by atoms with van der Waals surface area (Å²) < 4.78 is 71.3. The highest BCUT2D eigenvalue weighted by Gasteiger charge is 2.30. The van der Waals surface area contributed by atoms with E-state index < -0.39 is 27.8 Å². The molecule has 2 aromatic rings. The van der Waals surface area contributed by atoms with E-state index in [1.807, 2.05) is 0 Å². The van der Waals surface area contributed by atoms with Gasteiger partial charge in [-0.15, -0.1) is 0 Å². The quantitative estimate of drug-likeness (QED) is 0.362. The molecule has 10 heteroatoms. The topological polar surface area (TPSA) is 72.5 Å². The van der Waals surface area contributed by atoms with Gasteiger partial charge in [0.2, 0.25) is 10.0 Å². The van der Waals surface area contributed by atoms with Crippen molar-refractivity contribution in [1.82, 2.24) is 4.72 Å². The van der Waals surface area contributed by atoms with E-state index >= 15 is 0 Å². The maximum absolute atomic E-state index is 12.9. The van der Waals surface area contributed by atoms with Gasteiger partial charge in [-0.25, -0.2) is 13.1 Å². The van der Waals surface area contributed by atoms with Crippen LogP contribution in [0.2, 0.25) is 5.02 Å². The van der Waals surface area contributed by atoms with Crippen molar-refractivity contribution in [3.05, 3.63) is 64.7 Å². The van der Waals surface area contributed by atoms with E-state index in [9.17, 15) is 26.4 Å². The second-order valence-corrected chi connectivity index (χ2v) is 9.07. The van der Waals surface area contributed by atoms with Gasteiger partial charge in [-0.1, -0.05) is 36.6 Å². The molecule has 0 aliphatic heterocycles. The normalized spacial score (nSPS) is 13.1. The molecule has 1 N–H and O–H groups in total. The summed E-state index contributed by atoms with van der Waals surface area (Å²) >= 11 is 5.81. The third kappa shape index (κ3) is 7.83. The Kier molecular flexibility index (Phi) is 8.90. The zero-order chi connectivity index (χ0) is 23.1. The number of carbonyl (C=O) groups excluding carboxylic acids is 1. The van der Waals surface area contributed by atoms with Crippen molar-refractivity contribution in [2.75, 3.05) is 7.11 Å². The molecule has 170 valence electrons. The Morgan fingerprint density at radius 2 is 1.65 bits per heavy atom. The molecule has 0 heterocycles. The van der Waals surface area contributed by atoms with E-state index in [1.54, 1.807) is 0 Å². The van der Waals surface area contributed by atoms with Gasteiger partial charge in [0.1, 0.15) is 0 Å². The van der Waals surface area contributed by atoms with Crippen LogP contribution in [0.25, 0.3) is 0 Å². The van der Waals surface area contributed by atoms with Crippen LogP contribution < -0.4 is 4.72 Å². The molecule has 0 spiro atoms. The smallest absolute Gasteiger partial charge is 0.416 e. The number of benzene rings is 2. The Morgan fingerprint density at radius 3 is 2.19 bits per heavy atom. The largest absolute Gasteiger partial charge is 0.469 e. The van der Waals surface area contributed by atoms with Crippen LogP contribution in [0.3, 0.4) is 0 Å². The lowest BCUT2D eigenvalue weighted by atomic mass is 9.99. The number of nitrogens with one attached hydrogen (secondary N) is 1. The number of hydrogen-bond acceptors (Lipinski definition) is 4. The predicted molar refractivity (Wildman–Crippen MR) is 111 cm³/mol. The first-order valence-electron chi connectivity index (χ1n) is 9.55. The molecular formula is C21H23ClF3NO4S. The van der Waals surface area contributed by atoms with Gasteiger partial charge in [-0.05, 0) is 54.8 Å². The van der Waals surface area contributed by atoms with E-state index in [0.29, 0.717) is 36.3 Å². The second kappa shape index (κ2) is 11.0. The first-order chi connectivity index (χ1) is 14.5. The lowest BCUT2D eigenvalue weighted by Gasteiger charge is -2.20. The van der Waals surface area contributed by atoms with Gasteiger partial charge in [-0.2, -0.15) is 13.2 Å². The van der Waals surface area contributed by atoms with Crippen molar-refractivity contribution < 1.29 is 31.1 Å². The SMILES string of the molecule is COC(=O)CCCCCC(NS(=O)(=O)c1ccc(Cl)cc1)c1ccc(C(F)(F)F)cc1. The molecule has 2 aromatic carbocycles. The first-order valence-corrected chi connectivity index (χ1v) is 11.4. The molecule has 0 saturated heterocycles. The van der Waals surface area contributed by atoms with Crippen LogP contribution in [0, 0.1) is 0 Å². The van der Waals surface area contributed by atoms with Gasteiger partial charge >= 0.3 is 12.1 Å². The molecule has 0 saturated carbocycles. The Labute approximate surface area is 184 Å². The van der Waals surface area contributed by atoms with Crippen molar-refractivity contribution >= 4 is 27.6 Å². The molecule has 0 aliphatic rings. The number of carbonyl (C=O) groups is 1. The van der Waals surface area contributed by atoms with Gasteiger partial charge < -0.3 is 4.74 Å². The summed E-state index contributed by atoms with van der Waals surface area (Å²) in [5.41, 5.74) is -0.396. The zero-order valence-corrected chi connectivity index (χ0v) is 18.4. The maximum atomic E-state index is 12.9. The lowest BCUT2D eigenvalue weighted by Crippen LogP contribution is -2.29. The number of rotatable bonds is 10. The molecule has 0 amide bonds. The summed E-state index contributed by atoms with van der Waals surface area (Å²) in [6.07, 6.45) is -2.13. The molecule has 1 atom stereocenters. The monoisotopic (exact) mass is 477 g/mol. The number of ether oxygens (including phenoxy) is 1. The molecule has 5 nitrogen and oxygen atoms in total. The Bertz CT molecular complexity index is 962. The molecule has 0 aliphatic carbocycles. The fraction of sp³-hybridized carbons (Fsp3) is 0.381. The molecule has 0 radical (unpaired) electrons. The Balaban J connectivity index is 2.17. The third-order valence-electron chi connectivity index (χ3n) is 4.66. The average Bonchev–Trinajstić information content (AvgIpc) is 2.72. The minimum Gasteiger partial charge on any atom is -0.469 e. The van der Waals surface area contributed by atoms with Crippen molar-refractivity contribution in [1.29, 1.82) is 0 Å². The standard InChI is InChI=1S/C21H23ClF3NO4S/c1-30-20(27)6-4-2-3-5-19(15-7-9-16(10-8-15)21(23,24)25)26-31(28,29)18-13-11-17(22)12-14-18/h7-14,19,26H,2-6H2,1H3. The van der Waals surface area contributed by atoms with Crippen molar-refractivity contribution in [2.45, 2.75) is 49.2 Å². The molecule has 0 aromatic heterocycles. The number of alkyl halides is 3. The van der Waals surface area contributed by atoms with Gasteiger partial charge in [0, 0.05) is 17.5 Å². The average molecular weight is 478 g/mol. The summed E-state index contributed by atoms with van der Waals surface area (Å²) in [7, 11) is -2.63. The number of esters is 1. The molecule has 1 unspecified atom stereocenters. The highest BCUT2D eigenvalue weighted by molar-refractivity contribution is 7.89. The number of methoxy groups -OCH3 is 1. The van der Waals surface area contributed by atoms with E-state index in [1.165, 1.54) is 43.5 Å². The predicted octanol–water partition coefficient (Wildman–Crippen LogP) is 5.50. The highest BCUT2D eigenvalue weighted by Crippen LogP contribution is 2.31. The number of hydrogen-bond donors (Lipinski definition) is 1. The fourth-order valence-corrected chi connectivity index (χ4v) is 4.35. The van der Waals surface area contributed by atoms with E-state index in [-0.39, 0.29) is 17.3 Å². The minimum absolute atomic E-state index is 0.000460. The second-order valence-electron chi connectivity index (χ2n) is 6.92. The minimum atomic E-state index is -4.48. The maximum Gasteiger partial charge on any atom is 0.416 e. The van der Waals surface area contributed by atoms with Gasteiger partial charge in [0.25, 0.3) is 0 Å². The zero-order valence-electron chi connectivity index (χ0n) is 16.8. The summed E-state index contributed by atoms with van der Waals surface area (Å²) in [6.45, 7) is 0. The van der Waals surface area contributed by atoms with Crippen molar-refractivity contribution in [3.63, 3.8) is 0 Å². The molecule has 0 fully saturated rings. The molecule has 2 rings (SSSR count). The van der Waals surface area contributed by atoms with Crippen LogP contribution in [-0.2, 0) is 25.7 Å². The third-order valence-corrected chi connectivity index (χ3v) is 6.40. The lowest BCUT2D eigenvalue weighted by molar-refractivity contribution is -0.140. The van der Waals surface area contributed by atoms with Crippen LogP contribution in [0.15, 0.2) is 53.4 Å². The van der Waals surface area contributed by atoms with Crippen LogP contribution in [0.1, 0.15) is 49.3 Å². The van der Waals surface area contributed by atoms with Gasteiger partial charge in [0.05, 0.1) is 17.6 Å². The Morgan fingerprint density at radius 1 is 1.03 bits per heavy atom. The summed E-state index contributed by atoms with van der Waals surface area (Å²) in [5, 5.41) is 0.379. The van der Waals surface area contributed by atoms with Gasteiger partial charge in [-0.3, -0.25) is 4.79 Å². The summed E-state index contributed by atoms with van der Waals surface area (Å²) in [6, 6.07) is 9.24. The number of sulfonamides is 1.